The van der Waals surface area contributed by atoms with Crippen LogP contribution in [0.4, 0.5) is 5.82 Å². The molecule has 0 saturated carbocycles. The molecule has 1 aliphatic heterocycles. The van der Waals surface area contributed by atoms with Crippen LogP contribution >= 0.6 is 0 Å². The van der Waals surface area contributed by atoms with Crippen LogP contribution < -0.4 is 4.90 Å². The molecule has 0 unspecified atom stereocenters. The summed E-state index contributed by atoms with van der Waals surface area (Å²) in [7, 11) is 0. The van der Waals surface area contributed by atoms with Crippen molar-refractivity contribution >= 4 is 17.5 Å². The molecule has 0 N–H and O–H groups in total. The first-order chi connectivity index (χ1) is 12.5. The number of carbonyl (C=O) groups excluding carboxylic acids is 1. The zero-order valence-corrected chi connectivity index (χ0v) is 15.0. The molecule has 4 rings (SSSR count). The van der Waals surface area contributed by atoms with Gasteiger partial charge in [-0.15, -0.1) is 10.2 Å². The molecule has 0 aliphatic carbocycles. The number of fused-ring (bicyclic) bond motifs is 1. The molecule has 0 bridgehead atoms. The molecule has 0 atom stereocenters. The molecule has 26 heavy (non-hydrogen) atoms. The van der Waals surface area contributed by atoms with Crippen LogP contribution in [0.15, 0.2) is 18.6 Å². The van der Waals surface area contributed by atoms with Crippen molar-refractivity contribution in [3.63, 3.8) is 0 Å². The second-order valence-corrected chi connectivity index (χ2v) is 6.45. The quantitative estimate of drug-likeness (QED) is 0.673. The van der Waals surface area contributed by atoms with Crippen molar-refractivity contribution < 1.29 is 4.79 Å². The van der Waals surface area contributed by atoms with Gasteiger partial charge in [-0.05, 0) is 26.8 Å². The summed E-state index contributed by atoms with van der Waals surface area (Å²) >= 11 is 0. The van der Waals surface area contributed by atoms with E-state index in [0.29, 0.717) is 24.7 Å². The van der Waals surface area contributed by atoms with Gasteiger partial charge in [0.25, 0.3) is 11.7 Å². The summed E-state index contributed by atoms with van der Waals surface area (Å²) in [5.74, 6) is 1.56. The first-order valence-corrected chi connectivity index (χ1v) is 8.55. The fraction of sp³-hybridized carbons (Fsp3) is 0.412. The predicted molar refractivity (Wildman–Crippen MR) is 95.1 cm³/mol. The predicted octanol–water partition coefficient (Wildman–Crippen LogP) is 0.802. The number of nitrogens with zero attached hydrogens (tertiary/aromatic N) is 8. The average molecular weight is 352 g/mol. The van der Waals surface area contributed by atoms with Crippen molar-refractivity contribution in [1.82, 2.24) is 34.4 Å². The van der Waals surface area contributed by atoms with Gasteiger partial charge in [0.2, 0.25) is 5.82 Å². The summed E-state index contributed by atoms with van der Waals surface area (Å²) in [6.45, 7) is 8.54. The maximum absolute atomic E-state index is 12.9. The minimum atomic E-state index is -0.126. The second kappa shape index (κ2) is 6.32. The Balaban J connectivity index is 1.50. The van der Waals surface area contributed by atoms with E-state index < -0.39 is 0 Å². The van der Waals surface area contributed by atoms with Gasteiger partial charge in [-0.1, -0.05) is 0 Å². The molecule has 1 amide bonds. The molecular formula is C17H20N8O. The number of rotatable bonds is 2. The van der Waals surface area contributed by atoms with E-state index in [0.717, 1.165) is 35.9 Å². The van der Waals surface area contributed by atoms with Crippen LogP contribution in [0.25, 0.3) is 5.78 Å². The minimum absolute atomic E-state index is 0.126. The molecule has 1 saturated heterocycles. The molecule has 9 nitrogen and oxygen atoms in total. The van der Waals surface area contributed by atoms with E-state index in [1.807, 2.05) is 26.8 Å². The molecule has 0 spiro atoms. The standard InChI is InChI=1S/C17H20N8O/c1-11-4-5-25-15(21-22-17(25)20-11)16(26)24-8-6-23(7-9-24)14-12(2)13(3)18-10-19-14/h4-5,10H,6-9H2,1-3H3. The van der Waals surface area contributed by atoms with Crippen LogP contribution in [-0.2, 0) is 0 Å². The number of aryl methyl sites for hydroxylation is 2. The molecule has 1 aliphatic rings. The number of hydrogen-bond acceptors (Lipinski definition) is 7. The van der Waals surface area contributed by atoms with Gasteiger partial charge in [-0.2, -0.15) is 0 Å². The Morgan fingerprint density at radius 2 is 1.81 bits per heavy atom. The molecule has 3 aromatic heterocycles. The molecule has 1 fully saturated rings. The highest BCUT2D eigenvalue weighted by Gasteiger charge is 2.27. The van der Waals surface area contributed by atoms with Gasteiger partial charge in [0.1, 0.15) is 12.1 Å². The zero-order chi connectivity index (χ0) is 18.3. The van der Waals surface area contributed by atoms with Crippen molar-refractivity contribution in [2.45, 2.75) is 20.8 Å². The summed E-state index contributed by atoms with van der Waals surface area (Å²) in [5.41, 5.74) is 2.90. The number of amides is 1. The van der Waals surface area contributed by atoms with E-state index in [9.17, 15) is 4.79 Å². The smallest absolute Gasteiger partial charge is 0.292 e. The first-order valence-electron chi connectivity index (χ1n) is 8.55. The van der Waals surface area contributed by atoms with Gasteiger partial charge in [0.15, 0.2) is 0 Å². The van der Waals surface area contributed by atoms with Crippen LogP contribution in [0.3, 0.4) is 0 Å². The SMILES string of the molecule is Cc1ccn2c(C(=O)N3CCN(c4ncnc(C)c4C)CC3)nnc2n1. The van der Waals surface area contributed by atoms with Gasteiger partial charge in [0.05, 0.1) is 0 Å². The number of hydrogen-bond donors (Lipinski definition) is 0. The largest absolute Gasteiger partial charge is 0.353 e. The maximum Gasteiger partial charge on any atom is 0.292 e. The number of carbonyl (C=O) groups is 1. The van der Waals surface area contributed by atoms with Crippen LogP contribution in [0, 0.1) is 20.8 Å². The van der Waals surface area contributed by atoms with E-state index in [4.69, 9.17) is 0 Å². The van der Waals surface area contributed by atoms with Gasteiger partial charge in [-0.3, -0.25) is 9.20 Å². The summed E-state index contributed by atoms with van der Waals surface area (Å²) in [4.78, 5) is 29.8. The number of aromatic nitrogens is 6. The maximum atomic E-state index is 12.9. The van der Waals surface area contributed by atoms with Crippen molar-refractivity contribution in [1.29, 1.82) is 0 Å². The van der Waals surface area contributed by atoms with E-state index in [2.05, 4.69) is 30.0 Å². The van der Waals surface area contributed by atoms with Crippen LogP contribution in [-0.4, -0.2) is 66.5 Å². The Morgan fingerprint density at radius 1 is 1.04 bits per heavy atom. The molecular weight excluding hydrogens is 332 g/mol. The second-order valence-electron chi connectivity index (χ2n) is 6.45. The topological polar surface area (TPSA) is 92.4 Å². The molecule has 0 aromatic carbocycles. The summed E-state index contributed by atoms with van der Waals surface area (Å²) in [6, 6.07) is 1.84. The highest BCUT2D eigenvalue weighted by Crippen LogP contribution is 2.20. The normalized spacial score (nSPS) is 14.9. The van der Waals surface area contributed by atoms with Crippen molar-refractivity contribution in [3.05, 3.63) is 41.4 Å². The van der Waals surface area contributed by atoms with Crippen molar-refractivity contribution in [2.75, 3.05) is 31.1 Å². The Morgan fingerprint density at radius 3 is 2.58 bits per heavy atom. The zero-order valence-electron chi connectivity index (χ0n) is 15.0. The van der Waals surface area contributed by atoms with Gasteiger partial charge in [-0.25, -0.2) is 15.0 Å². The van der Waals surface area contributed by atoms with Crippen LogP contribution in [0.5, 0.6) is 0 Å². The Bertz CT molecular complexity index is 974. The molecule has 9 heteroatoms. The van der Waals surface area contributed by atoms with E-state index >= 15 is 0 Å². The van der Waals surface area contributed by atoms with E-state index in [1.165, 1.54) is 0 Å². The van der Waals surface area contributed by atoms with Crippen molar-refractivity contribution in [2.24, 2.45) is 0 Å². The highest BCUT2D eigenvalue weighted by atomic mass is 16.2. The fourth-order valence-electron chi connectivity index (χ4n) is 3.13. The molecule has 134 valence electrons. The average Bonchev–Trinajstić information content (AvgIpc) is 3.06. The Kier molecular flexibility index (Phi) is 3.98. The van der Waals surface area contributed by atoms with Gasteiger partial charge >= 0.3 is 0 Å². The lowest BCUT2D eigenvalue weighted by molar-refractivity contribution is 0.0732. The number of anilines is 1. The third-order valence-corrected chi connectivity index (χ3v) is 4.79. The fourth-order valence-corrected chi connectivity index (χ4v) is 3.13. The molecule has 4 heterocycles. The van der Waals surface area contributed by atoms with Crippen LogP contribution in [0.1, 0.15) is 27.6 Å². The highest BCUT2D eigenvalue weighted by molar-refractivity contribution is 5.91. The summed E-state index contributed by atoms with van der Waals surface area (Å²) in [6.07, 6.45) is 3.38. The summed E-state index contributed by atoms with van der Waals surface area (Å²) in [5, 5.41) is 8.05. The van der Waals surface area contributed by atoms with E-state index in [1.54, 1.807) is 21.8 Å². The first kappa shape index (κ1) is 16.4. The third-order valence-electron chi connectivity index (χ3n) is 4.79. The number of piperazine rings is 1. The monoisotopic (exact) mass is 352 g/mol. The molecule has 3 aromatic rings. The lowest BCUT2D eigenvalue weighted by Crippen LogP contribution is -2.49. The Hall–Kier alpha value is -3.10. The van der Waals surface area contributed by atoms with Gasteiger partial charge in [0, 0.05) is 49.3 Å². The van der Waals surface area contributed by atoms with Crippen molar-refractivity contribution in [3.8, 4) is 0 Å². The van der Waals surface area contributed by atoms with E-state index in [-0.39, 0.29) is 5.91 Å². The lowest BCUT2D eigenvalue weighted by Gasteiger charge is -2.35. The lowest BCUT2D eigenvalue weighted by atomic mass is 10.2. The molecule has 0 radical (unpaired) electrons. The van der Waals surface area contributed by atoms with Gasteiger partial charge < -0.3 is 9.80 Å². The van der Waals surface area contributed by atoms with Crippen LogP contribution in [0.2, 0.25) is 0 Å². The third kappa shape index (κ3) is 2.75. The minimum Gasteiger partial charge on any atom is -0.353 e. The Labute approximate surface area is 150 Å². The summed E-state index contributed by atoms with van der Waals surface area (Å²) < 4.78 is 1.64.